The number of carbonyl (C=O) groups is 1. The van der Waals surface area contributed by atoms with Crippen LogP contribution in [0.15, 0.2) is 60.8 Å². The molecule has 0 saturated heterocycles. The summed E-state index contributed by atoms with van der Waals surface area (Å²) in [6, 6.07) is 15.9. The normalized spacial score (nSPS) is 14.4. The Balaban J connectivity index is 1.50. The van der Waals surface area contributed by atoms with Gasteiger partial charge in [-0.2, -0.15) is 0 Å². The third-order valence-corrected chi connectivity index (χ3v) is 4.79. The van der Waals surface area contributed by atoms with Gasteiger partial charge >= 0.3 is 6.03 Å². The van der Waals surface area contributed by atoms with Crippen molar-refractivity contribution in [1.29, 1.82) is 0 Å². The highest BCUT2D eigenvalue weighted by Gasteiger charge is 2.19. The number of nitrogens with zero attached hydrogens (tertiary/aromatic N) is 1. The molecule has 0 radical (unpaired) electrons. The number of aryl methyl sites for hydroxylation is 1. The fourth-order valence-corrected chi connectivity index (χ4v) is 3.39. The number of para-hydroxylation sites is 2. The molecule has 4 nitrogen and oxygen atoms in total. The first-order valence-corrected chi connectivity index (χ1v) is 8.59. The van der Waals surface area contributed by atoms with E-state index in [2.05, 4.69) is 47.7 Å². The molecule has 4 heteroatoms. The molecule has 25 heavy (non-hydrogen) atoms. The predicted octanol–water partition coefficient (Wildman–Crippen LogP) is 4.80. The van der Waals surface area contributed by atoms with Crippen molar-refractivity contribution in [2.45, 2.75) is 13.3 Å². The average molecular weight is 331 g/mol. The van der Waals surface area contributed by atoms with E-state index in [0.717, 1.165) is 18.7 Å². The molecule has 126 valence electrons. The zero-order valence-electron chi connectivity index (χ0n) is 14.3. The van der Waals surface area contributed by atoms with Gasteiger partial charge in [-0.05, 0) is 36.6 Å². The highest BCUT2D eigenvalue weighted by atomic mass is 16.2. The molecule has 0 spiro atoms. The smallest absolute Gasteiger partial charge is 0.322 e. The maximum atomic E-state index is 12.4. The standard InChI is InChI=1S/C21H21N3O/c1-15-6-5-9-18-19(14-22-20(15)18)16-10-12-24(13-11-16)21(25)23-17-7-3-2-4-8-17/h2-10,14,22H,11-13H2,1H3,(H,23,25). The molecular weight excluding hydrogens is 310 g/mol. The highest BCUT2D eigenvalue weighted by molar-refractivity contribution is 5.95. The number of benzene rings is 2. The molecule has 0 bridgehead atoms. The van der Waals surface area contributed by atoms with Gasteiger partial charge in [0.25, 0.3) is 0 Å². The zero-order chi connectivity index (χ0) is 17.2. The van der Waals surface area contributed by atoms with Crippen molar-refractivity contribution >= 4 is 28.2 Å². The van der Waals surface area contributed by atoms with E-state index in [1.165, 1.54) is 27.6 Å². The Bertz CT molecular complexity index is 940. The van der Waals surface area contributed by atoms with Gasteiger partial charge in [-0.15, -0.1) is 0 Å². The lowest BCUT2D eigenvalue weighted by molar-refractivity contribution is 0.217. The van der Waals surface area contributed by atoms with Gasteiger partial charge in [0, 0.05) is 41.4 Å². The first-order chi connectivity index (χ1) is 12.2. The zero-order valence-corrected chi connectivity index (χ0v) is 14.3. The molecule has 4 rings (SSSR count). The molecule has 0 unspecified atom stereocenters. The highest BCUT2D eigenvalue weighted by Crippen LogP contribution is 2.30. The molecule has 3 aromatic rings. The Morgan fingerprint density at radius 3 is 2.72 bits per heavy atom. The second kappa shape index (κ2) is 6.48. The van der Waals surface area contributed by atoms with Crippen molar-refractivity contribution in [2.75, 3.05) is 18.4 Å². The maximum absolute atomic E-state index is 12.4. The summed E-state index contributed by atoms with van der Waals surface area (Å²) in [6.07, 6.45) is 5.12. The molecule has 0 atom stereocenters. The van der Waals surface area contributed by atoms with Crippen LogP contribution in [0.5, 0.6) is 0 Å². The second-order valence-electron chi connectivity index (χ2n) is 6.42. The van der Waals surface area contributed by atoms with Crippen LogP contribution in [0, 0.1) is 6.92 Å². The molecule has 2 heterocycles. The number of nitrogens with one attached hydrogen (secondary N) is 2. The molecule has 1 aliphatic rings. The quantitative estimate of drug-likeness (QED) is 0.696. The van der Waals surface area contributed by atoms with Gasteiger partial charge in [-0.25, -0.2) is 4.79 Å². The lowest BCUT2D eigenvalue weighted by Crippen LogP contribution is -2.37. The number of aromatic nitrogens is 1. The Kier molecular flexibility index (Phi) is 4.02. The van der Waals surface area contributed by atoms with Crippen molar-refractivity contribution in [3.05, 3.63) is 71.9 Å². The maximum Gasteiger partial charge on any atom is 0.322 e. The number of fused-ring (bicyclic) bond motifs is 1. The van der Waals surface area contributed by atoms with Gasteiger partial charge in [0.05, 0.1) is 0 Å². The van der Waals surface area contributed by atoms with Crippen molar-refractivity contribution in [3.63, 3.8) is 0 Å². The Morgan fingerprint density at radius 2 is 1.96 bits per heavy atom. The number of H-pyrrole nitrogens is 1. The largest absolute Gasteiger partial charge is 0.360 e. The Hall–Kier alpha value is -3.01. The molecule has 2 N–H and O–H groups in total. The number of amides is 2. The van der Waals surface area contributed by atoms with Crippen LogP contribution in [0.3, 0.4) is 0 Å². The topological polar surface area (TPSA) is 48.1 Å². The van der Waals surface area contributed by atoms with E-state index in [4.69, 9.17) is 0 Å². The van der Waals surface area contributed by atoms with Gasteiger partial charge in [0.15, 0.2) is 0 Å². The summed E-state index contributed by atoms with van der Waals surface area (Å²) in [4.78, 5) is 17.6. The van der Waals surface area contributed by atoms with Crippen LogP contribution in [-0.4, -0.2) is 29.0 Å². The van der Waals surface area contributed by atoms with Gasteiger partial charge in [0.1, 0.15) is 0 Å². The summed E-state index contributed by atoms with van der Waals surface area (Å²) in [7, 11) is 0. The summed E-state index contributed by atoms with van der Waals surface area (Å²) in [5.41, 5.74) is 5.84. The summed E-state index contributed by atoms with van der Waals surface area (Å²) >= 11 is 0. The van der Waals surface area contributed by atoms with Crippen LogP contribution in [0.25, 0.3) is 16.5 Å². The minimum atomic E-state index is -0.0451. The lowest BCUT2D eigenvalue weighted by Gasteiger charge is -2.26. The van der Waals surface area contributed by atoms with Crippen LogP contribution < -0.4 is 5.32 Å². The molecule has 0 fully saturated rings. The number of carbonyl (C=O) groups excluding carboxylic acids is 1. The Morgan fingerprint density at radius 1 is 1.12 bits per heavy atom. The van der Waals surface area contributed by atoms with E-state index in [1.807, 2.05) is 35.2 Å². The van der Waals surface area contributed by atoms with Crippen LogP contribution in [-0.2, 0) is 0 Å². The fraction of sp³-hybridized carbons (Fsp3) is 0.190. The van der Waals surface area contributed by atoms with Crippen molar-refractivity contribution in [2.24, 2.45) is 0 Å². The van der Waals surface area contributed by atoms with E-state index >= 15 is 0 Å². The summed E-state index contributed by atoms with van der Waals surface area (Å²) in [5.74, 6) is 0. The number of hydrogen-bond acceptors (Lipinski definition) is 1. The van der Waals surface area contributed by atoms with Crippen molar-refractivity contribution < 1.29 is 4.79 Å². The number of aromatic amines is 1. The van der Waals surface area contributed by atoms with E-state index in [-0.39, 0.29) is 6.03 Å². The summed E-state index contributed by atoms with van der Waals surface area (Å²) in [6.45, 7) is 3.48. The number of anilines is 1. The third-order valence-electron chi connectivity index (χ3n) is 4.79. The fourth-order valence-electron chi connectivity index (χ4n) is 3.39. The second-order valence-corrected chi connectivity index (χ2v) is 6.42. The van der Waals surface area contributed by atoms with E-state index in [0.29, 0.717) is 6.54 Å². The van der Waals surface area contributed by atoms with E-state index in [1.54, 1.807) is 0 Å². The molecule has 0 aliphatic carbocycles. The molecule has 2 amide bonds. The molecule has 0 saturated carbocycles. The van der Waals surface area contributed by atoms with Gasteiger partial charge in [-0.1, -0.05) is 42.5 Å². The van der Waals surface area contributed by atoms with E-state index < -0.39 is 0 Å². The molecule has 1 aliphatic heterocycles. The minimum absolute atomic E-state index is 0.0451. The van der Waals surface area contributed by atoms with E-state index in [9.17, 15) is 4.79 Å². The third kappa shape index (κ3) is 3.03. The number of hydrogen-bond donors (Lipinski definition) is 2. The van der Waals surface area contributed by atoms with Gasteiger partial charge in [0.2, 0.25) is 0 Å². The van der Waals surface area contributed by atoms with Crippen LogP contribution in [0.2, 0.25) is 0 Å². The van der Waals surface area contributed by atoms with Crippen molar-refractivity contribution in [3.8, 4) is 0 Å². The van der Waals surface area contributed by atoms with Gasteiger partial charge in [-0.3, -0.25) is 0 Å². The first kappa shape index (κ1) is 15.5. The van der Waals surface area contributed by atoms with Crippen LogP contribution in [0.4, 0.5) is 10.5 Å². The molecule has 1 aromatic heterocycles. The average Bonchev–Trinajstić information content (AvgIpc) is 3.08. The SMILES string of the molecule is Cc1cccc2c(C3=CCN(C(=O)Nc4ccccc4)CC3)c[nH]c12. The van der Waals surface area contributed by atoms with Crippen LogP contribution in [0.1, 0.15) is 17.5 Å². The van der Waals surface area contributed by atoms with Crippen molar-refractivity contribution in [1.82, 2.24) is 9.88 Å². The summed E-state index contributed by atoms with van der Waals surface area (Å²) in [5, 5.41) is 4.21. The molecular formula is C21H21N3O. The minimum Gasteiger partial charge on any atom is -0.360 e. The number of urea groups is 1. The summed E-state index contributed by atoms with van der Waals surface area (Å²) < 4.78 is 0. The lowest BCUT2D eigenvalue weighted by atomic mass is 9.98. The first-order valence-electron chi connectivity index (χ1n) is 8.59. The number of rotatable bonds is 2. The monoisotopic (exact) mass is 331 g/mol. The molecule has 2 aromatic carbocycles. The van der Waals surface area contributed by atoms with Crippen LogP contribution >= 0.6 is 0 Å². The predicted molar refractivity (Wildman–Crippen MR) is 103 cm³/mol. The Labute approximate surface area is 147 Å². The van der Waals surface area contributed by atoms with Gasteiger partial charge < -0.3 is 15.2 Å².